The van der Waals surface area contributed by atoms with Crippen LogP contribution in [0, 0.1) is 0 Å². The van der Waals surface area contributed by atoms with Gasteiger partial charge in [0.05, 0.1) is 4.90 Å². The van der Waals surface area contributed by atoms with Gasteiger partial charge in [-0.3, -0.25) is 4.72 Å². The van der Waals surface area contributed by atoms with Crippen molar-refractivity contribution in [2.24, 2.45) is 0 Å². The summed E-state index contributed by atoms with van der Waals surface area (Å²) in [5.74, 6) is 0. The van der Waals surface area contributed by atoms with Gasteiger partial charge in [-0.2, -0.15) is 0 Å². The number of anilines is 2. The van der Waals surface area contributed by atoms with Crippen molar-refractivity contribution in [2.75, 3.05) is 10.5 Å². The monoisotopic (exact) mass is 362 g/mol. The predicted molar refractivity (Wildman–Crippen MR) is 78.6 cm³/mol. The first kappa shape index (κ1) is 14.2. The summed E-state index contributed by atoms with van der Waals surface area (Å²) in [6, 6.07) is 4.43. The fraction of sp³-hybridized carbons (Fsp3) is 0.200. The molecule has 9 heteroatoms. The van der Waals surface area contributed by atoms with Gasteiger partial charge in [0, 0.05) is 10.2 Å². The van der Waals surface area contributed by atoms with Gasteiger partial charge in [-0.1, -0.05) is 18.3 Å². The van der Waals surface area contributed by atoms with Crippen LogP contribution >= 0.6 is 27.3 Å². The summed E-state index contributed by atoms with van der Waals surface area (Å²) < 4.78 is 27.3. The van der Waals surface area contributed by atoms with E-state index in [0.717, 1.165) is 5.01 Å². The highest BCUT2D eigenvalue weighted by atomic mass is 79.9. The van der Waals surface area contributed by atoms with E-state index in [1.54, 1.807) is 6.07 Å². The average Bonchev–Trinajstić information content (AvgIpc) is 2.79. The standard InChI is InChI=1S/C10H11BrN4O2S2/c1-2-9-13-14-10(18-9)15-19(16,17)6-3-4-7(11)8(12)5-6/h3-5H,2,12H2,1H3,(H,14,15). The Labute approximate surface area is 123 Å². The molecular weight excluding hydrogens is 352 g/mol. The van der Waals surface area contributed by atoms with E-state index >= 15 is 0 Å². The molecule has 0 saturated carbocycles. The summed E-state index contributed by atoms with van der Waals surface area (Å²) in [6.07, 6.45) is 0.713. The summed E-state index contributed by atoms with van der Waals surface area (Å²) in [5.41, 5.74) is 6.03. The summed E-state index contributed by atoms with van der Waals surface area (Å²) in [4.78, 5) is 0.0847. The second kappa shape index (κ2) is 5.43. The third kappa shape index (κ3) is 3.23. The Hall–Kier alpha value is -1.19. The third-order valence-corrected chi connectivity index (χ3v) is 5.44. The summed E-state index contributed by atoms with van der Waals surface area (Å²) in [5, 5.41) is 8.65. The van der Waals surface area contributed by atoms with Gasteiger partial charge in [0.25, 0.3) is 10.0 Å². The van der Waals surface area contributed by atoms with E-state index in [1.165, 1.54) is 23.5 Å². The van der Waals surface area contributed by atoms with Crippen LogP contribution in [-0.4, -0.2) is 18.6 Å². The van der Waals surface area contributed by atoms with Gasteiger partial charge in [0.15, 0.2) is 0 Å². The maximum absolute atomic E-state index is 12.1. The van der Waals surface area contributed by atoms with E-state index in [0.29, 0.717) is 16.6 Å². The van der Waals surface area contributed by atoms with Crippen molar-refractivity contribution in [1.82, 2.24) is 10.2 Å². The first-order valence-electron chi connectivity index (χ1n) is 5.32. The maximum Gasteiger partial charge on any atom is 0.263 e. The number of nitrogen functional groups attached to an aromatic ring is 1. The zero-order valence-corrected chi connectivity index (χ0v) is 13.1. The molecule has 0 radical (unpaired) electrons. The Kier molecular flexibility index (Phi) is 4.07. The number of benzene rings is 1. The number of hydrogen-bond donors (Lipinski definition) is 2. The van der Waals surface area contributed by atoms with Crippen molar-refractivity contribution >= 4 is 48.1 Å². The molecule has 0 atom stereocenters. The van der Waals surface area contributed by atoms with E-state index in [2.05, 4.69) is 30.8 Å². The van der Waals surface area contributed by atoms with Gasteiger partial charge in [-0.05, 0) is 40.5 Å². The first-order chi connectivity index (χ1) is 8.92. The van der Waals surface area contributed by atoms with Crippen LogP contribution in [0.15, 0.2) is 27.6 Å². The van der Waals surface area contributed by atoms with Gasteiger partial charge in [0.2, 0.25) is 5.13 Å². The maximum atomic E-state index is 12.1. The molecule has 1 aromatic carbocycles. The van der Waals surface area contributed by atoms with Crippen molar-refractivity contribution in [3.63, 3.8) is 0 Å². The van der Waals surface area contributed by atoms with E-state index in [9.17, 15) is 8.42 Å². The topological polar surface area (TPSA) is 98.0 Å². The van der Waals surface area contributed by atoms with Crippen molar-refractivity contribution in [1.29, 1.82) is 0 Å². The number of aromatic nitrogens is 2. The number of sulfonamides is 1. The van der Waals surface area contributed by atoms with Crippen LogP contribution in [0.4, 0.5) is 10.8 Å². The highest BCUT2D eigenvalue weighted by Crippen LogP contribution is 2.25. The lowest BCUT2D eigenvalue weighted by Crippen LogP contribution is -2.13. The molecule has 0 amide bonds. The Balaban J connectivity index is 2.29. The second-order valence-electron chi connectivity index (χ2n) is 3.64. The number of halogens is 1. The summed E-state index contributed by atoms with van der Waals surface area (Å²) >= 11 is 4.42. The highest BCUT2D eigenvalue weighted by Gasteiger charge is 2.17. The molecule has 1 heterocycles. The predicted octanol–water partition coefficient (Wildman–Crippen LogP) is 2.25. The minimum atomic E-state index is -3.69. The van der Waals surface area contributed by atoms with Crippen molar-refractivity contribution in [3.8, 4) is 0 Å². The molecule has 2 rings (SSSR count). The molecule has 0 fully saturated rings. The molecule has 19 heavy (non-hydrogen) atoms. The number of nitrogens with two attached hydrogens (primary N) is 1. The Morgan fingerprint density at radius 1 is 1.42 bits per heavy atom. The van der Waals surface area contributed by atoms with Crippen LogP contribution in [0.2, 0.25) is 0 Å². The van der Waals surface area contributed by atoms with E-state index < -0.39 is 10.0 Å². The van der Waals surface area contributed by atoms with Gasteiger partial charge < -0.3 is 5.73 Å². The molecule has 0 saturated heterocycles. The summed E-state index contributed by atoms with van der Waals surface area (Å²) in [6.45, 7) is 1.92. The molecule has 1 aromatic heterocycles. The fourth-order valence-corrected chi connectivity index (χ4v) is 3.49. The Morgan fingerprint density at radius 2 is 2.16 bits per heavy atom. The van der Waals surface area contributed by atoms with E-state index in [1.807, 2.05) is 6.92 Å². The largest absolute Gasteiger partial charge is 0.398 e. The lowest BCUT2D eigenvalue weighted by atomic mass is 10.3. The van der Waals surface area contributed by atoms with Gasteiger partial charge >= 0.3 is 0 Å². The van der Waals surface area contributed by atoms with Crippen LogP contribution in [0.5, 0.6) is 0 Å². The first-order valence-corrected chi connectivity index (χ1v) is 8.42. The minimum Gasteiger partial charge on any atom is -0.398 e. The molecule has 0 aliphatic heterocycles. The fourth-order valence-electron chi connectivity index (χ4n) is 1.30. The van der Waals surface area contributed by atoms with E-state index in [-0.39, 0.29) is 10.0 Å². The van der Waals surface area contributed by atoms with Crippen molar-refractivity contribution in [3.05, 3.63) is 27.7 Å². The average molecular weight is 363 g/mol. The van der Waals surface area contributed by atoms with Crippen molar-refractivity contribution < 1.29 is 8.42 Å². The smallest absolute Gasteiger partial charge is 0.263 e. The van der Waals surface area contributed by atoms with Crippen LogP contribution in [0.1, 0.15) is 11.9 Å². The molecule has 0 unspecified atom stereocenters. The molecule has 0 bridgehead atoms. The third-order valence-electron chi connectivity index (χ3n) is 2.27. The van der Waals surface area contributed by atoms with Gasteiger partial charge in [-0.25, -0.2) is 8.42 Å². The highest BCUT2D eigenvalue weighted by molar-refractivity contribution is 9.10. The Morgan fingerprint density at radius 3 is 2.74 bits per heavy atom. The lowest BCUT2D eigenvalue weighted by molar-refractivity contribution is 0.601. The molecule has 0 aliphatic rings. The molecule has 0 spiro atoms. The van der Waals surface area contributed by atoms with Crippen molar-refractivity contribution in [2.45, 2.75) is 18.2 Å². The molecule has 6 nitrogen and oxygen atoms in total. The number of rotatable bonds is 4. The lowest BCUT2D eigenvalue weighted by Gasteiger charge is -2.06. The second-order valence-corrected chi connectivity index (χ2v) is 7.24. The van der Waals surface area contributed by atoms with Crippen LogP contribution < -0.4 is 10.5 Å². The van der Waals surface area contributed by atoms with Crippen LogP contribution in [0.3, 0.4) is 0 Å². The molecular formula is C10H11BrN4O2S2. The number of nitrogens with zero attached hydrogens (tertiary/aromatic N) is 2. The molecule has 0 aliphatic carbocycles. The van der Waals surface area contributed by atoms with Gasteiger partial charge in [-0.15, -0.1) is 10.2 Å². The number of nitrogens with one attached hydrogen (secondary N) is 1. The summed E-state index contributed by atoms with van der Waals surface area (Å²) in [7, 11) is -3.69. The van der Waals surface area contributed by atoms with Crippen LogP contribution in [0.25, 0.3) is 0 Å². The minimum absolute atomic E-state index is 0.0847. The number of aryl methyl sites for hydroxylation is 1. The van der Waals surface area contributed by atoms with Crippen LogP contribution in [-0.2, 0) is 16.4 Å². The molecule has 3 N–H and O–H groups in total. The van der Waals surface area contributed by atoms with E-state index in [4.69, 9.17) is 5.73 Å². The SMILES string of the molecule is CCc1nnc(NS(=O)(=O)c2ccc(Br)c(N)c2)s1. The zero-order valence-electron chi connectivity index (χ0n) is 9.92. The zero-order chi connectivity index (χ0) is 14.0. The quantitative estimate of drug-likeness (QED) is 0.812. The molecule has 2 aromatic rings. The number of hydrogen-bond acceptors (Lipinski definition) is 6. The van der Waals surface area contributed by atoms with Gasteiger partial charge in [0.1, 0.15) is 5.01 Å². The normalized spacial score (nSPS) is 11.5. The molecule has 102 valence electrons. The Bertz CT molecular complexity index is 699.